The van der Waals surface area contributed by atoms with Crippen LogP contribution in [0.4, 0.5) is 0 Å². The van der Waals surface area contributed by atoms with Gasteiger partial charge < -0.3 is 20.6 Å². The number of hydrogen-bond donors (Lipinski definition) is 4. The van der Waals surface area contributed by atoms with Crippen LogP contribution < -0.4 is 5.32 Å². The highest BCUT2D eigenvalue weighted by atomic mass is 16.5. The van der Waals surface area contributed by atoms with Crippen LogP contribution in [0.25, 0.3) is 0 Å². The molecule has 4 nitrogen and oxygen atoms in total. The molecule has 1 aromatic rings. The third-order valence-corrected chi connectivity index (χ3v) is 2.52. The van der Waals surface area contributed by atoms with Crippen LogP contribution in [0.5, 0.6) is 5.75 Å². The SMILES string of the molecule is Cc1cc(C(O)(O)CNC(C)(C)C)ccc1O. The van der Waals surface area contributed by atoms with Crippen molar-refractivity contribution in [2.45, 2.75) is 39.0 Å². The average molecular weight is 239 g/mol. The summed E-state index contributed by atoms with van der Waals surface area (Å²) in [7, 11) is 0. The van der Waals surface area contributed by atoms with E-state index in [1.54, 1.807) is 13.0 Å². The topological polar surface area (TPSA) is 72.7 Å². The number of aliphatic hydroxyl groups is 2. The Morgan fingerprint density at radius 2 is 1.76 bits per heavy atom. The lowest BCUT2D eigenvalue weighted by Gasteiger charge is -2.28. The molecule has 0 aromatic heterocycles. The predicted molar refractivity (Wildman–Crippen MR) is 66.7 cm³/mol. The van der Waals surface area contributed by atoms with Crippen LogP contribution in [0, 0.1) is 6.92 Å². The van der Waals surface area contributed by atoms with Crippen molar-refractivity contribution >= 4 is 0 Å². The molecule has 1 aromatic carbocycles. The Morgan fingerprint density at radius 3 is 2.24 bits per heavy atom. The third kappa shape index (κ3) is 4.00. The summed E-state index contributed by atoms with van der Waals surface area (Å²) in [5, 5.41) is 32.4. The summed E-state index contributed by atoms with van der Waals surface area (Å²) in [6.07, 6.45) is 0. The molecule has 0 spiro atoms. The second-order valence-corrected chi connectivity index (χ2v) is 5.42. The van der Waals surface area contributed by atoms with Crippen molar-refractivity contribution in [3.63, 3.8) is 0 Å². The fourth-order valence-corrected chi connectivity index (χ4v) is 1.39. The first kappa shape index (κ1) is 14.0. The zero-order chi connectivity index (χ0) is 13.3. The van der Waals surface area contributed by atoms with Gasteiger partial charge in [0.2, 0.25) is 5.79 Å². The van der Waals surface area contributed by atoms with Crippen LogP contribution in [0.1, 0.15) is 31.9 Å². The Balaban J connectivity index is 2.85. The minimum absolute atomic E-state index is 0.0285. The summed E-state index contributed by atoms with van der Waals surface area (Å²) in [4.78, 5) is 0. The van der Waals surface area contributed by atoms with Gasteiger partial charge in [-0.15, -0.1) is 0 Å². The molecule has 0 aliphatic heterocycles. The van der Waals surface area contributed by atoms with Crippen LogP contribution in [0.15, 0.2) is 18.2 Å². The van der Waals surface area contributed by atoms with Gasteiger partial charge in [-0.3, -0.25) is 0 Å². The van der Waals surface area contributed by atoms with Gasteiger partial charge in [-0.2, -0.15) is 0 Å². The fraction of sp³-hybridized carbons (Fsp3) is 0.538. The predicted octanol–water partition coefficient (Wildman–Crippen LogP) is 1.23. The highest BCUT2D eigenvalue weighted by Gasteiger charge is 2.27. The lowest BCUT2D eigenvalue weighted by Crippen LogP contribution is -2.46. The summed E-state index contributed by atoms with van der Waals surface area (Å²) in [5.41, 5.74) is 0.790. The second-order valence-electron chi connectivity index (χ2n) is 5.42. The number of phenolic OH excluding ortho intramolecular Hbond substituents is 1. The lowest BCUT2D eigenvalue weighted by molar-refractivity contribution is -0.167. The molecule has 0 aliphatic rings. The number of benzene rings is 1. The van der Waals surface area contributed by atoms with E-state index in [0.29, 0.717) is 11.1 Å². The van der Waals surface area contributed by atoms with Crippen LogP contribution in [-0.4, -0.2) is 27.4 Å². The zero-order valence-corrected chi connectivity index (χ0v) is 10.8. The number of β-amino-alcohol motifs (C(OH)–C–C–N with tert-alkyl or cyclic N) is 2. The van der Waals surface area contributed by atoms with Crippen molar-refractivity contribution in [2.75, 3.05) is 6.54 Å². The maximum absolute atomic E-state index is 9.98. The van der Waals surface area contributed by atoms with E-state index in [2.05, 4.69) is 5.32 Å². The molecule has 0 fully saturated rings. The molecule has 96 valence electrons. The first-order valence-electron chi connectivity index (χ1n) is 5.62. The largest absolute Gasteiger partial charge is 0.508 e. The molecular formula is C13H21NO3. The van der Waals surface area contributed by atoms with E-state index in [0.717, 1.165) is 0 Å². The molecule has 4 heteroatoms. The van der Waals surface area contributed by atoms with Gasteiger partial charge in [-0.1, -0.05) is 0 Å². The summed E-state index contributed by atoms with van der Waals surface area (Å²) in [6, 6.07) is 4.54. The second kappa shape index (κ2) is 4.64. The smallest absolute Gasteiger partial charge is 0.202 e. The molecule has 17 heavy (non-hydrogen) atoms. The molecule has 0 bridgehead atoms. The number of rotatable bonds is 3. The number of phenols is 1. The third-order valence-electron chi connectivity index (χ3n) is 2.52. The molecule has 0 atom stereocenters. The van der Waals surface area contributed by atoms with Crippen molar-refractivity contribution in [3.05, 3.63) is 29.3 Å². The normalized spacial score (nSPS) is 12.8. The van der Waals surface area contributed by atoms with E-state index in [1.165, 1.54) is 12.1 Å². The van der Waals surface area contributed by atoms with Gasteiger partial charge >= 0.3 is 0 Å². The molecule has 0 heterocycles. The van der Waals surface area contributed by atoms with Gasteiger partial charge in [0.15, 0.2) is 0 Å². The van der Waals surface area contributed by atoms with Crippen molar-refractivity contribution in [1.29, 1.82) is 0 Å². The lowest BCUT2D eigenvalue weighted by atomic mass is 10.0. The summed E-state index contributed by atoms with van der Waals surface area (Å²) < 4.78 is 0. The van der Waals surface area contributed by atoms with Gasteiger partial charge in [-0.25, -0.2) is 0 Å². The molecule has 0 aliphatic carbocycles. The van der Waals surface area contributed by atoms with E-state index in [-0.39, 0.29) is 17.8 Å². The number of hydrogen-bond acceptors (Lipinski definition) is 4. The van der Waals surface area contributed by atoms with Crippen LogP contribution in [0.3, 0.4) is 0 Å². The first-order chi connectivity index (χ1) is 7.62. The van der Waals surface area contributed by atoms with Crippen LogP contribution in [0.2, 0.25) is 0 Å². The van der Waals surface area contributed by atoms with Gasteiger partial charge in [0, 0.05) is 11.1 Å². The Labute approximate surface area is 102 Å². The monoisotopic (exact) mass is 239 g/mol. The molecule has 0 saturated carbocycles. The number of nitrogens with one attached hydrogen (secondary N) is 1. The van der Waals surface area contributed by atoms with E-state index in [4.69, 9.17) is 0 Å². The molecule has 0 radical (unpaired) electrons. The van der Waals surface area contributed by atoms with Gasteiger partial charge in [-0.05, 0) is 51.5 Å². The summed E-state index contributed by atoms with van der Waals surface area (Å²) in [5.74, 6) is -1.79. The highest BCUT2D eigenvalue weighted by molar-refractivity contribution is 5.36. The number of aryl methyl sites for hydroxylation is 1. The molecular weight excluding hydrogens is 218 g/mol. The number of aromatic hydroxyl groups is 1. The Kier molecular flexibility index (Phi) is 3.81. The van der Waals surface area contributed by atoms with Gasteiger partial charge in [0.05, 0.1) is 6.54 Å². The van der Waals surface area contributed by atoms with Crippen LogP contribution in [-0.2, 0) is 5.79 Å². The highest BCUT2D eigenvalue weighted by Crippen LogP contribution is 2.24. The van der Waals surface area contributed by atoms with Crippen molar-refractivity contribution in [1.82, 2.24) is 5.32 Å². The summed E-state index contributed by atoms with van der Waals surface area (Å²) in [6.45, 7) is 7.59. The Bertz CT molecular complexity index is 394. The van der Waals surface area contributed by atoms with E-state index < -0.39 is 5.79 Å². The quantitative estimate of drug-likeness (QED) is 0.599. The maximum Gasteiger partial charge on any atom is 0.202 e. The molecule has 0 unspecified atom stereocenters. The minimum atomic E-state index is -1.94. The van der Waals surface area contributed by atoms with E-state index in [9.17, 15) is 15.3 Å². The Morgan fingerprint density at radius 1 is 1.18 bits per heavy atom. The van der Waals surface area contributed by atoms with Crippen molar-refractivity contribution in [2.24, 2.45) is 0 Å². The van der Waals surface area contributed by atoms with Crippen molar-refractivity contribution in [3.8, 4) is 5.75 Å². The molecule has 4 N–H and O–H groups in total. The van der Waals surface area contributed by atoms with Crippen molar-refractivity contribution < 1.29 is 15.3 Å². The van der Waals surface area contributed by atoms with Gasteiger partial charge in [0.25, 0.3) is 0 Å². The molecule has 1 rings (SSSR count). The zero-order valence-electron chi connectivity index (χ0n) is 10.8. The van der Waals surface area contributed by atoms with E-state index in [1.807, 2.05) is 20.8 Å². The first-order valence-corrected chi connectivity index (χ1v) is 5.62. The fourth-order valence-electron chi connectivity index (χ4n) is 1.39. The van der Waals surface area contributed by atoms with Gasteiger partial charge in [0.1, 0.15) is 5.75 Å². The minimum Gasteiger partial charge on any atom is -0.508 e. The maximum atomic E-state index is 9.98. The molecule has 0 saturated heterocycles. The Hall–Kier alpha value is -1.10. The van der Waals surface area contributed by atoms with E-state index >= 15 is 0 Å². The van der Waals surface area contributed by atoms with Crippen LogP contribution >= 0.6 is 0 Å². The standard InChI is InChI=1S/C13H21NO3/c1-9-7-10(5-6-11(9)15)13(16,17)8-14-12(2,3)4/h5-7,14-17H,8H2,1-4H3. The average Bonchev–Trinajstić information content (AvgIpc) is 2.18. The summed E-state index contributed by atoms with van der Waals surface area (Å²) >= 11 is 0. The molecule has 0 amide bonds.